The Hall–Kier alpha value is -2.14. The van der Waals surface area contributed by atoms with Gasteiger partial charge in [-0.05, 0) is 18.3 Å². The third-order valence-electron chi connectivity index (χ3n) is 6.00. The lowest BCUT2D eigenvalue weighted by molar-refractivity contribution is -0.145. The van der Waals surface area contributed by atoms with Crippen LogP contribution in [-0.4, -0.2) is 34.3 Å². The van der Waals surface area contributed by atoms with E-state index < -0.39 is 12.0 Å². The van der Waals surface area contributed by atoms with Gasteiger partial charge in [0, 0.05) is 31.2 Å². The van der Waals surface area contributed by atoms with Gasteiger partial charge < -0.3 is 5.11 Å². The number of unbranched alkanes of at least 4 members (excludes halogenated alkanes) is 5. The number of carbonyl (C=O) groups excluding carboxylic acids is 4. The molecule has 1 aromatic rings. The fraction of sp³-hybridized carbons (Fsp3) is 0.615. The van der Waals surface area contributed by atoms with Gasteiger partial charge in [0.05, 0.1) is 6.10 Å². The van der Waals surface area contributed by atoms with E-state index in [9.17, 15) is 24.3 Å². The Morgan fingerprint density at radius 2 is 1.48 bits per heavy atom. The first-order valence-electron chi connectivity index (χ1n) is 11.5. The van der Waals surface area contributed by atoms with E-state index in [1.165, 1.54) is 0 Å². The SMILES string of the molecule is CC1(C)CC(=O)C(C(=O)CCCCCCCCC(O)CC(=O)c2ccccc2)C(=O)C1. The van der Waals surface area contributed by atoms with Gasteiger partial charge in [0.2, 0.25) is 0 Å². The number of ketones is 4. The molecule has 0 aliphatic heterocycles. The second-order valence-corrected chi connectivity index (χ2v) is 9.66. The Balaban J connectivity index is 1.53. The number of Topliss-reactive ketones (excluding diaryl/α,β-unsaturated/α-hetero) is 4. The first-order chi connectivity index (χ1) is 14.7. The van der Waals surface area contributed by atoms with Crippen molar-refractivity contribution in [3.63, 3.8) is 0 Å². The number of hydrogen-bond donors (Lipinski definition) is 1. The van der Waals surface area contributed by atoms with E-state index in [-0.39, 0.29) is 35.0 Å². The highest BCUT2D eigenvalue weighted by Gasteiger charge is 2.42. The van der Waals surface area contributed by atoms with Crippen LogP contribution in [0.3, 0.4) is 0 Å². The standard InChI is InChI=1S/C26H36O5/c1-26(2)17-23(30)25(24(31)18-26)21(28)15-11-6-4-3-5-10-14-20(27)16-22(29)19-12-8-7-9-13-19/h7-9,12-13,20,25,27H,3-6,10-11,14-18H2,1-2H3. The summed E-state index contributed by atoms with van der Waals surface area (Å²) in [6.45, 7) is 3.79. The zero-order valence-electron chi connectivity index (χ0n) is 18.9. The largest absolute Gasteiger partial charge is 0.393 e. The molecule has 5 heteroatoms. The molecule has 5 nitrogen and oxygen atoms in total. The molecule has 1 fully saturated rings. The van der Waals surface area contributed by atoms with Crippen LogP contribution in [0.15, 0.2) is 30.3 Å². The Kier molecular flexibility index (Phi) is 9.76. The van der Waals surface area contributed by atoms with Gasteiger partial charge in [0.15, 0.2) is 23.1 Å². The van der Waals surface area contributed by atoms with Crippen molar-refractivity contribution in [2.45, 2.75) is 90.6 Å². The van der Waals surface area contributed by atoms with Crippen molar-refractivity contribution in [1.29, 1.82) is 0 Å². The molecule has 1 atom stereocenters. The Morgan fingerprint density at radius 3 is 2.10 bits per heavy atom. The number of aliphatic hydroxyl groups is 1. The van der Waals surface area contributed by atoms with Crippen molar-refractivity contribution >= 4 is 23.1 Å². The zero-order valence-corrected chi connectivity index (χ0v) is 18.9. The van der Waals surface area contributed by atoms with Crippen LogP contribution >= 0.6 is 0 Å². The molecular weight excluding hydrogens is 392 g/mol. The van der Waals surface area contributed by atoms with Crippen LogP contribution in [0, 0.1) is 11.3 Å². The normalized spacial score (nSPS) is 17.5. The first kappa shape index (κ1) is 25.1. The van der Waals surface area contributed by atoms with E-state index in [0.29, 0.717) is 37.7 Å². The van der Waals surface area contributed by atoms with Crippen molar-refractivity contribution < 1.29 is 24.3 Å². The number of hydrogen-bond acceptors (Lipinski definition) is 5. The monoisotopic (exact) mass is 428 g/mol. The predicted octanol–water partition coefficient (Wildman–Crippen LogP) is 4.88. The van der Waals surface area contributed by atoms with Crippen LogP contribution in [0.1, 0.15) is 94.8 Å². The fourth-order valence-electron chi connectivity index (χ4n) is 4.34. The van der Waals surface area contributed by atoms with E-state index in [4.69, 9.17) is 0 Å². The third-order valence-corrected chi connectivity index (χ3v) is 6.00. The van der Waals surface area contributed by atoms with Gasteiger partial charge in [-0.3, -0.25) is 19.2 Å². The molecular formula is C26H36O5. The van der Waals surface area contributed by atoms with Gasteiger partial charge in [-0.25, -0.2) is 0 Å². The van der Waals surface area contributed by atoms with Gasteiger partial charge in [-0.2, -0.15) is 0 Å². The second-order valence-electron chi connectivity index (χ2n) is 9.66. The van der Waals surface area contributed by atoms with Crippen LogP contribution in [0.2, 0.25) is 0 Å². The maximum Gasteiger partial charge on any atom is 0.165 e. The van der Waals surface area contributed by atoms with E-state index in [0.717, 1.165) is 32.1 Å². The highest BCUT2D eigenvalue weighted by atomic mass is 16.3. The minimum atomic E-state index is -1.02. The minimum absolute atomic E-state index is 0.0312. The molecule has 0 bridgehead atoms. The van der Waals surface area contributed by atoms with Gasteiger partial charge >= 0.3 is 0 Å². The molecule has 1 saturated carbocycles. The molecule has 0 radical (unpaired) electrons. The van der Waals surface area contributed by atoms with Gasteiger partial charge in [-0.1, -0.05) is 76.3 Å². The summed E-state index contributed by atoms with van der Waals surface area (Å²) in [5, 5.41) is 10.1. The first-order valence-corrected chi connectivity index (χ1v) is 11.5. The van der Waals surface area contributed by atoms with E-state index >= 15 is 0 Å². The number of rotatable bonds is 13. The molecule has 0 amide bonds. The maximum absolute atomic E-state index is 12.3. The summed E-state index contributed by atoms with van der Waals surface area (Å²) in [6, 6.07) is 9.03. The van der Waals surface area contributed by atoms with Crippen LogP contribution in [0.25, 0.3) is 0 Å². The lowest BCUT2D eigenvalue weighted by Gasteiger charge is -2.31. The molecule has 1 aromatic carbocycles. The van der Waals surface area contributed by atoms with Crippen molar-refractivity contribution in [3.8, 4) is 0 Å². The van der Waals surface area contributed by atoms with E-state index in [1.54, 1.807) is 12.1 Å². The van der Waals surface area contributed by atoms with Crippen molar-refractivity contribution in [1.82, 2.24) is 0 Å². The van der Waals surface area contributed by atoms with Gasteiger partial charge in [0.1, 0.15) is 5.92 Å². The van der Waals surface area contributed by atoms with Gasteiger partial charge in [0.25, 0.3) is 0 Å². The summed E-state index contributed by atoms with van der Waals surface area (Å²) in [5.74, 6) is -1.69. The van der Waals surface area contributed by atoms with Crippen LogP contribution < -0.4 is 0 Å². The summed E-state index contributed by atoms with van der Waals surface area (Å²) < 4.78 is 0. The predicted molar refractivity (Wildman–Crippen MR) is 120 cm³/mol. The summed E-state index contributed by atoms with van der Waals surface area (Å²) in [5.41, 5.74) is 0.310. The topological polar surface area (TPSA) is 88.5 Å². The lowest BCUT2D eigenvalue weighted by Crippen LogP contribution is -2.41. The number of benzene rings is 1. The average Bonchev–Trinajstić information content (AvgIpc) is 2.69. The molecule has 1 aliphatic rings. The van der Waals surface area contributed by atoms with Crippen LogP contribution in [-0.2, 0) is 14.4 Å². The lowest BCUT2D eigenvalue weighted by atomic mass is 9.70. The molecule has 0 aromatic heterocycles. The second kappa shape index (κ2) is 12.0. The highest BCUT2D eigenvalue weighted by Crippen LogP contribution is 2.34. The highest BCUT2D eigenvalue weighted by molar-refractivity contribution is 6.20. The zero-order chi connectivity index (χ0) is 22.9. The molecule has 0 spiro atoms. The molecule has 0 saturated heterocycles. The molecule has 0 heterocycles. The number of carbonyl (C=O) groups is 4. The average molecular weight is 429 g/mol. The quantitative estimate of drug-likeness (QED) is 0.275. The third kappa shape index (κ3) is 8.48. The minimum Gasteiger partial charge on any atom is -0.393 e. The maximum atomic E-state index is 12.3. The molecule has 1 unspecified atom stereocenters. The van der Waals surface area contributed by atoms with Crippen LogP contribution in [0.5, 0.6) is 0 Å². The molecule has 1 N–H and O–H groups in total. The van der Waals surface area contributed by atoms with Crippen LogP contribution in [0.4, 0.5) is 0 Å². The fourth-order valence-corrected chi connectivity index (χ4v) is 4.34. The van der Waals surface area contributed by atoms with Crippen molar-refractivity contribution in [3.05, 3.63) is 35.9 Å². The van der Waals surface area contributed by atoms with E-state index in [1.807, 2.05) is 32.0 Å². The summed E-state index contributed by atoms with van der Waals surface area (Å²) in [4.78, 5) is 48.8. The Bertz CT molecular complexity index is 745. The van der Waals surface area contributed by atoms with Gasteiger partial charge in [-0.15, -0.1) is 0 Å². The summed E-state index contributed by atoms with van der Waals surface area (Å²) in [7, 11) is 0. The molecule has 170 valence electrons. The Labute approximate surface area is 185 Å². The molecule has 1 aliphatic carbocycles. The number of aliphatic hydroxyl groups excluding tert-OH is 1. The molecule has 31 heavy (non-hydrogen) atoms. The summed E-state index contributed by atoms with van der Waals surface area (Å²) in [6.07, 6.45) is 6.47. The summed E-state index contributed by atoms with van der Waals surface area (Å²) >= 11 is 0. The molecule has 2 rings (SSSR count). The van der Waals surface area contributed by atoms with Crippen molar-refractivity contribution in [2.24, 2.45) is 11.3 Å². The van der Waals surface area contributed by atoms with Crippen molar-refractivity contribution in [2.75, 3.05) is 0 Å². The smallest absolute Gasteiger partial charge is 0.165 e. The Morgan fingerprint density at radius 1 is 0.935 bits per heavy atom. The van der Waals surface area contributed by atoms with E-state index in [2.05, 4.69) is 0 Å².